The molecule has 25 heavy (non-hydrogen) atoms. The maximum Gasteiger partial charge on any atom is 0.222 e. The predicted octanol–water partition coefficient (Wildman–Crippen LogP) is -0.150. The first-order chi connectivity index (χ1) is 12.2. The lowest BCUT2D eigenvalue weighted by molar-refractivity contribution is -0.213. The second-order valence-corrected chi connectivity index (χ2v) is 7.51. The number of morpholine rings is 1. The summed E-state index contributed by atoms with van der Waals surface area (Å²) in [5.74, 6) is 0.227. The number of aliphatic hydroxyl groups excluding tert-OH is 2. The van der Waals surface area contributed by atoms with Crippen LogP contribution in [0.1, 0.15) is 32.1 Å². The van der Waals surface area contributed by atoms with E-state index >= 15 is 0 Å². The van der Waals surface area contributed by atoms with E-state index in [1.807, 2.05) is 4.90 Å². The van der Waals surface area contributed by atoms with Crippen LogP contribution in [0, 0.1) is 5.41 Å². The van der Waals surface area contributed by atoms with Gasteiger partial charge < -0.3 is 24.6 Å². The summed E-state index contributed by atoms with van der Waals surface area (Å²) in [6, 6.07) is 0. The van der Waals surface area contributed by atoms with Gasteiger partial charge in [-0.05, 0) is 25.8 Å². The number of hydrogen-bond acceptors (Lipinski definition) is 6. The molecule has 2 heterocycles. The minimum absolute atomic E-state index is 0.0103. The van der Waals surface area contributed by atoms with E-state index in [1.165, 1.54) is 0 Å². The Morgan fingerprint density at radius 2 is 1.92 bits per heavy atom. The first-order valence-corrected chi connectivity index (χ1v) is 9.64. The third-order valence-corrected chi connectivity index (χ3v) is 6.17. The average Bonchev–Trinajstić information content (AvgIpc) is 2.66. The zero-order valence-corrected chi connectivity index (χ0v) is 15.1. The van der Waals surface area contributed by atoms with Gasteiger partial charge in [0.15, 0.2) is 0 Å². The van der Waals surface area contributed by atoms with E-state index in [0.29, 0.717) is 32.5 Å². The Kier molecular flexibility index (Phi) is 6.68. The summed E-state index contributed by atoms with van der Waals surface area (Å²) in [7, 11) is 0. The Morgan fingerprint density at radius 3 is 2.56 bits per heavy atom. The Morgan fingerprint density at radius 1 is 1.20 bits per heavy atom. The number of amides is 1. The van der Waals surface area contributed by atoms with Gasteiger partial charge in [0.05, 0.1) is 38.6 Å². The molecule has 2 atom stereocenters. The number of carbonyl (C=O) groups is 1. The Hall–Kier alpha value is -0.730. The molecule has 3 aliphatic rings. The number of piperidine rings is 1. The molecule has 1 saturated carbocycles. The van der Waals surface area contributed by atoms with Crippen molar-refractivity contribution in [1.29, 1.82) is 0 Å². The van der Waals surface area contributed by atoms with E-state index in [2.05, 4.69) is 4.90 Å². The largest absolute Gasteiger partial charge is 0.394 e. The topological polar surface area (TPSA) is 82.5 Å². The third-order valence-electron chi connectivity index (χ3n) is 6.17. The third kappa shape index (κ3) is 4.34. The number of ether oxygens (including phenoxy) is 2. The van der Waals surface area contributed by atoms with Gasteiger partial charge in [0.1, 0.15) is 0 Å². The van der Waals surface area contributed by atoms with Gasteiger partial charge in [0.25, 0.3) is 0 Å². The van der Waals surface area contributed by atoms with Crippen molar-refractivity contribution in [3.05, 3.63) is 0 Å². The van der Waals surface area contributed by atoms with Crippen LogP contribution in [0.15, 0.2) is 0 Å². The van der Waals surface area contributed by atoms with Gasteiger partial charge in [-0.1, -0.05) is 0 Å². The highest BCUT2D eigenvalue weighted by Crippen LogP contribution is 2.50. The van der Waals surface area contributed by atoms with Gasteiger partial charge >= 0.3 is 0 Å². The van der Waals surface area contributed by atoms with Gasteiger partial charge in [-0.3, -0.25) is 9.69 Å². The number of rotatable bonds is 7. The quantitative estimate of drug-likeness (QED) is 0.660. The highest BCUT2D eigenvalue weighted by atomic mass is 16.5. The fourth-order valence-electron chi connectivity index (χ4n) is 4.42. The molecule has 0 aromatic carbocycles. The van der Waals surface area contributed by atoms with E-state index < -0.39 is 0 Å². The van der Waals surface area contributed by atoms with Crippen molar-refractivity contribution in [2.45, 2.75) is 44.3 Å². The number of hydrogen-bond donors (Lipinski definition) is 2. The summed E-state index contributed by atoms with van der Waals surface area (Å²) < 4.78 is 11.0. The van der Waals surface area contributed by atoms with Crippen LogP contribution in [0.5, 0.6) is 0 Å². The first-order valence-electron chi connectivity index (χ1n) is 9.64. The minimum Gasteiger partial charge on any atom is -0.394 e. The zero-order chi connectivity index (χ0) is 17.7. The Labute approximate surface area is 149 Å². The number of likely N-dealkylation sites (tertiary alicyclic amines) is 1. The zero-order valence-electron chi connectivity index (χ0n) is 15.1. The van der Waals surface area contributed by atoms with Gasteiger partial charge in [0.2, 0.25) is 5.91 Å². The predicted molar refractivity (Wildman–Crippen MR) is 92.2 cm³/mol. The minimum atomic E-state index is -0.338. The molecular weight excluding hydrogens is 324 g/mol. The van der Waals surface area contributed by atoms with E-state index in [9.17, 15) is 9.90 Å². The normalized spacial score (nSPS) is 29.6. The molecule has 3 fully saturated rings. The Balaban J connectivity index is 1.38. The van der Waals surface area contributed by atoms with E-state index in [0.717, 1.165) is 52.1 Å². The van der Waals surface area contributed by atoms with Crippen LogP contribution in [-0.4, -0.2) is 97.3 Å². The van der Waals surface area contributed by atoms with Crippen molar-refractivity contribution >= 4 is 5.91 Å². The van der Waals surface area contributed by atoms with Crippen LogP contribution in [0.3, 0.4) is 0 Å². The van der Waals surface area contributed by atoms with Crippen molar-refractivity contribution in [3.8, 4) is 0 Å². The second-order valence-electron chi connectivity index (χ2n) is 7.51. The molecule has 1 spiro atoms. The monoisotopic (exact) mass is 356 g/mol. The second kappa shape index (κ2) is 8.77. The molecule has 1 aliphatic carbocycles. The summed E-state index contributed by atoms with van der Waals surface area (Å²) in [6.07, 6.45) is 3.40. The van der Waals surface area contributed by atoms with Crippen molar-refractivity contribution in [1.82, 2.24) is 9.80 Å². The molecule has 0 aromatic rings. The summed E-state index contributed by atoms with van der Waals surface area (Å²) in [4.78, 5) is 16.7. The molecule has 2 saturated heterocycles. The summed E-state index contributed by atoms with van der Waals surface area (Å²) in [6.45, 7) is 6.22. The molecule has 144 valence electrons. The molecule has 7 nitrogen and oxygen atoms in total. The molecule has 2 N–H and O–H groups in total. The summed E-state index contributed by atoms with van der Waals surface area (Å²) in [5, 5.41) is 19.2. The highest BCUT2D eigenvalue weighted by Gasteiger charge is 2.56. The van der Waals surface area contributed by atoms with Crippen molar-refractivity contribution in [3.63, 3.8) is 0 Å². The molecule has 0 bridgehead atoms. The van der Waals surface area contributed by atoms with E-state index in [4.69, 9.17) is 14.6 Å². The van der Waals surface area contributed by atoms with Crippen LogP contribution in [0.4, 0.5) is 0 Å². The van der Waals surface area contributed by atoms with Gasteiger partial charge in [-0.2, -0.15) is 0 Å². The van der Waals surface area contributed by atoms with Gasteiger partial charge in [-0.25, -0.2) is 0 Å². The van der Waals surface area contributed by atoms with Gasteiger partial charge in [0, 0.05) is 44.4 Å². The van der Waals surface area contributed by atoms with Crippen LogP contribution < -0.4 is 0 Å². The number of aliphatic hydroxyl groups is 2. The molecule has 1 amide bonds. The first kappa shape index (κ1) is 19.0. The SMILES string of the molecule is O=C(CCCN1CCOCC1)N1CCC2(CC1)[C@H](O)C[C@@H]2OCCO. The smallest absolute Gasteiger partial charge is 0.222 e. The fraction of sp³-hybridized carbons (Fsp3) is 0.944. The van der Waals surface area contributed by atoms with Crippen molar-refractivity contribution in [2.75, 3.05) is 59.2 Å². The summed E-state index contributed by atoms with van der Waals surface area (Å²) in [5.41, 5.74) is -0.209. The molecule has 0 unspecified atom stereocenters. The standard InChI is InChI=1S/C18H32N2O5/c21-10-13-25-16-14-15(22)18(16)3-6-20(7-4-18)17(23)2-1-5-19-8-11-24-12-9-19/h15-16,21-22H,1-14H2/t15-,16+/m1/s1. The maximum absolute atomic E-state index is 12.4. The number of nitrogens with zero attached hydrogens (tertiary/aromatic N) is 2. The lowest BCUT2D eigenvalue weighted by atomic mass is 9.58. The van der Waals surface area contributed by atoms with E-state index in [1.54, 1.807) is 0 Å². The van der Waals surface area contributed by atoms with Crippen molar-refractivity contribution in [2.24, 2.45) is 5.41 Å². The Bertz CT molecular complexity index is 433. The fourth-order valence-corrected chi connectivity index (χ4v) is 4.42. The molecular formula is C18H32N2O5. The van der Waals surface area contributed by atoms with E-state index in [-0.39, 0.29) is 30.1 Å². The van der Waals surface area contributed by atoms with Crippen LogP contribution in [0.25, 0.3) is 0 Å². The lowest BCUT2D eigenvalue weighted by Gasteiger charge is -2.56. The van der Waals surface area contributed by atoms with Crippen molar-refractivity contribution < 1.29 is 24.5 Å². The molecule has 0 aromatic heterocycles. The highest BCUT2D eigenvalue weighted by molar-refractivity contribution is 5.76. The maximum atomic E-state index is 12.4. The van der Waals surface area contributed by atoms with Crippen LogP contribution in [-0.2, 0) is 14.3 Å². The lowest BCUT2D eigenvalue weighted by Crippen LogP contribution is -2.62. The van der Waals surface area contributed by atoms with Crippen LogP contribution in [0.2, 0.25) is 0 Å². The molecule has 0 radical (unpaired) electrons. The molecule has 7 heteroatoms. The number of carbonyl (C=O) groups excluding carboxylic acids is 1. The summed E-state index contributed by atoms with van der Waals surface area (Å²) >= 11 is 0. The van der Waals surface area contributed by atoms with Crippen LogP contribution >= 0.6 is 0 Å². The average molecular weight is 356 g/mol. The molecule has 2 aliphatic heterocycles. The van der Waals surface area contributed by atoms with Gasteiger partial charge in [-0.15, -0.1) is 0 Å². The molecule has 3 rings (SSSR count).